The Labute approximate surface area is 130 Å². The summed E-state index contributed by atoms with van der Waals surface area (Å²) in [5, 5.41) is 18.7. The van der Waals surface area contributed by atoms with Crippen LogP contribution >= 0.6 is 0 Å². The second-order valence-corrected chi connectivity index (χ2v) is 5.36. The zero-order chi connectivity index (χ0) is 15.8. The van der Waals surface area contributed by atoms with Gasteiger partial charge in [0.15, 0.2) is 0 Å². The molecule has 3 aromatic rings. The van der Waals surface area contributed by atoms with Crippen LogP contribution < -0.4 is 21.1 Å². The van der Waals surface area contributed by atoms with Crippen LogP contribution in [0.25, 0.3) is 23.2 Å². The number of benzene rings is 2. The van der Waals surface area contributed by atoms with Crippen molar-refractivity contribution in [3.05, 3.63) is 75.9 Å². The Bertz CT molecular complexity index is 1090. The van der Waals surface area contributed by atoms with Gasteiger partial charge in [0.1, 0.15) is 28.6 Å². The summed E-state index contributed by atoms with van der Waals surface area (Å²) < 4.78 is 19.2. The molecule has 1 atom stereocenters. The maximum Gasteiger partial charge on any atom is 0.136 e. The van der Waals surface area contributed by atoms with Crippen LogP contribution in [0.5, 0.6) is 0 Å². The highest BCUT2D eigenvalue weighted by Crippen LogP contribution is 2.19. The summed E-state index contributed by atoms with van der Waals surface area (Å²) in [4.78, 5) is 0. The minimum absolute atomic E-state index is 0.224. The van der Waals surface area contributed by atoms with Crippen molar-refractivity contribution < 1.29 is 14.0 Å². The van der Waals surface area contributed by atoms with E-state index in [-0.39, 0.29) is 11.9 Å². The second kappa shape index (κ2) is 5.28. The van der Waals surface area contributed by atoms with E-state index in [1.54, 1.807) is 18.3 Å². The molecule has 0 saturated carbocycles. The zero-order valence-corrected chi connectivity index (χ0v) is 12.0. The first-order valence-corrected chi connectivity index (χ1v) is 7.19. The molecular weight excluding hydrogens is 295 g/mol. The number of hydrogen-bond acceptors (Lipinski definition) is 4. The topological polar surface area (TPSA) is 57.8 Å². The summed E-state index contributed by atoms with van der Waals surface area (Å²) in [6.45, 7) is 0. The van der Waals surface area contributed by atoms with Crippen molar-refractivity contribution in [3.63, 3.8) is 0 Å². The lowest BCUT2D eigenvalue weighted by Crippen LogP contribution is -2.35. The lowest BCUT2D eigenvalue weighted by atomic mass is 10.1. The second-order valence-electron chi connectivity index (χ2n) is 5.36. The van der Waals surface area contributed by atoms with Crippen LogP contribution in [0, 0.1) is 5.82 Å². The average Bonchev–Trinajstić information content (AvgIpc) is 2.60. The molecule has 2 heterocycles. The Morgan fingerprint density at radius 2 is 1.96 bits per heavy atom. The fraction of sp³-hybridized carbons (Fsp3) is 0.0556. The molecule has 0 aliphatic carbocycles. The largest absolute Gasteiger partial charge is 0.458 e. The van der Waals surface area contributed by atoms with E-state index in [1.807, 2.05) is 30.3 Å². The van der Waals surface area contributed by atoms with Gasteiger partial charge in [-0.1, -0.05) is 23.4 Å². The molecular formula is C18H13FN2O2. The van der Waals surface area contributed by atoms with Gasteiger partial charge in [0, 0.05) is 22.9 Å². The van der Waals surface area contributed by atoms with Gasteiger partial charge in [-0.2, -0.15) is 0 Å². The van der Waals surface area contributed by atoms with Crippen LogP contribution in [0.4, 0.5) is 4.39 Å². The van der Waals surface area contributed by atoms with Gasteiger partial charge in [-0.25, -0.2) is 4.39 Å². The van der Waals surface area contributed by atoms with E-state index in [1.165, 1.54) is 12.1 Å². The van der Waals surface area contributed by atoms with E-state index in [0.717, 1.165) is 15.8 Å². The van der Waals surface area contributed by atoms with Crippen LogP contribution in [0.2, 0.25) is 0 Å². The fourth-order valence-corrected chi connectivity index (χ4v) is 2.77. The number of nitrogens with one attached hydrogen (secondary N) is 1. The summed E-state index contributed by atoms with van der Waals surface area (Å²) in [5.74, 6) is 0.341. The maximum absolute atomic E-state index is 13.3. The highest BCUT2D eigenvalue weighted by atomic mass is 19.1. The lowest BCUT2D eigenvalue weighted by Gasteiger charge is -2.16. The van der Waals surface area contributed by atoms with E-state index < -0.39 is 0 Å². The summed E-state index contributed by atoms with van der Waals surface area (Å²) in [7, 11) is 0. The van der Waals surface area contributed by atoms with Gasteiger partial charge in [-0.05, 0) is 35.6 Å². The predicted octanol–water partition coefficient (Wildman–Crippen LogP) is 1.72. The van der Waals surface area contributed by atoms with Crippen LogP contribution in [-0.4, -0.2) is 5.21 Å². The normalized spacial score (nSPS) is 17.1. The Balaban J connectivity index is 1.89. The van der Waals surface area contributed by atoms with Crippen LogP contribution in [-0.2, 0) is 0 Å². The van der Waals surface area contributed by atoms with Gasteiger partial charge < -0.3 is 14.9 Å². The average molecular weight is 308 g/mol. The zero-order valence-electron chi connectivity index (χ0n) is 12.0. The first kappa shape index (κ1) is 13.6. The van der Waals surface area contributed by atoms with E-state index in [0.29, 0.717) is 16.7 Å². The molecule has 0 saturated heterocycles. The molecule has 0 spiro atoms. The highest BCUT2D eigenvalue weighted by Gasteiger charge is 2.14. The van der Waals surface area contributed by atoms with Crippen molar-refractivity contribution in [1.82, 2.24) is 5.32 Å². The first-order valence-electron chi connectivity index (χ1n) is 7.19. The Morgan fingerprint density at radius 3 is 2.83 bits per heavy atom. The molecule has 0 radical (unpaired) electrons. The number of fused-ring (bicyclic) bond motifs is 2. The Kier molecular flexibility index (Phi) is 3.12. The van der Waals surface area contributed by atoms with E-state index in [9.17, 15) is 9.60 Å². The molecule has 2 N–H and O–H groups in total. The quantitative estimate of drug-likeness (QED) is 0.532. The minimum Gasteiger partial charge on any atom is -0.458 e. The molecule has 1 unspecified atom stereocenters. The predicted molar refractivity (Wildman–Crippen MR) is 84.0 cm³/mol. The monoisotopic (exact) mass is 308 g/mol. The number of rotatable bonds is 1. The van der Waals surface area contributed by atoms with Crippen LogP contribution in [0.15, 0.2) is 58.1 Å². The van der Waals surface area contributed by atoms with Gasteiger partial charge in [-0.15, -0.1) is 0 Å². The van der Waals surface area contributed by atoms with Gasteiger partial charge in [0.2, 0.25) is 0 Å². The molecule has 1 aliphatic heterocycles. The maximum atomic E-state index is 13.3. The first-order chi connectivity index (χ1) is 11.2. The molecule has 0 fully saturated rings. The molecule has 5 heteroatoms. The van der Waals surface area contributed by atoms with Crippen LogP contribution in [0.1, 0.15) is 11.8 Å². The van der Waals surface area contributed by atoms with Crippen molar-refractivity contribution in [1.29, 1.82) is 0 Å². The van der Waals surface area contributed by atoms with Crippen molar-refractivity contribution in [3.8, 4) is 0 Å². The third kappa shape index (κ3) is 2.36. The van der Waals surface area contributed by atoms with Crippen molar-refractivity contribution in [2.24, 2.45) is 5.16 Å². The third-order valence-electron chi connectivity index (χ3n) is 3.90. The summed E-state index contributed by atoms with van der Waals surface area (Å²) >= 11 is 0. The molecule has 0 bridgehead atoms. The number of para-hydroxylation sites is 1. The SMILES string of the molecule is ON=c1cc(C2C=c3ccc(F)cc3=CN2)oc2ccccc12. The van der Waals surface area contributed by atoms with Gasteiger partial charge in [0.05, 0.1) is 0 Å². The molecule has 4 nitrogen and oxygen atoms in total. The van der Waals surface area contributed by atoms with Crippen molar-refractivity contribution in [2.75, 3.05) is 0 Å². The molecule has 23 heavy (non-hydrogen) atoms. The van der Waals surface area contributed by atoms with Crippen molar-refractivity contribution >= 4 is 23.2 Å². The minimum atomic E-state index is -0.273. The lowest BCUT2D eigenvalue weighted by molar-refractivity contribution is 0.302. The van der Waals surface area contributed by atoms with Crippen molar-refractivity contribution in [2.45, 2.75) is 6.04 Å². The molecule has 4 rings (SSSR count). The Morgan fingerprint density at radius 1 is 1.09 bits per heavy atom. The fourth-order valence-electron chi connectivity index (χ4n) is 2.77. The van der Waals surface area contributed by atoms with E-state index in [2.05, 4.69) is 10.5 Å². The number of nitrogens with zero attached hydrogens (tertiary/aromatic N) is 1. The standard InChI is InChI=1S/C18H13FN2O2/c19-13-6-5-11-8-16(20-10-12(11)7-13)18-9-15(21-22)14-3-1-2-4-17(14)23-18/h1-10,16,20,22H. The summed E-state index contributed by atoms with van der Waals surface area (Å²) in [6.07, 6.45) is 3.70. The van der Waals surface area contributed by atoms with Gasteiger partial charge in [-0.3, -0.25) is 0 Å². The summed E-state index contributed by atoms with van der Waals surface area (Å²) in [6, 6.07) is 13.5. The van der Waals surface area contributed by atoms with Crippen LogP contribution in [0.3, 0.4) is 0 Å². The molecule has 2 aromatic carbocycles. The summed E-state index contributed by atoms with van der Waals surface area (Å²) in [5.41, 5.74) is 0.637. The molecule has 114 valence electrons. The smallest absolute Gasteiger partial charge is 0.136 e. The third-order valence-corrected chi connectivity index (χ3v) is 3.90. The molecule has 0 amide bonds. The van der Waals surface area contributed by atoms with E-state index >= 15 is 0 Å². The van der Waals surface area contributed by atoms with Gasteiger partial charge in [0.25, 0.3) is 0 Å². The Hall–Kier alpha value is -3.08. The highest BCUT2D eigenvalue weighted by molar-refractivity contribution is 5.76. The molecule has 1 aliphatic rings. The molecule has 1 aromatic heterocycles. The van der Waals surface area contributed by atoms with Gasteiger partial charge >= 0.3 is 0 Å². The van der Waals surface area contributed by atoms with E-state index in [4.69, 9.17) is 4.42 Å². The number of hydrogen-bond donors (Lipinski definition) is 2. The number of halogens is 1.